The highest BCUT2D eigenvalue weighted by molar-refractivity contribution is 5.56. The van der Waals surface area contributed by atoms with E-state index >= 15 is 0 Å². The van der Waals surface area contributed by atoms with Gasteiger partial charge in [0.2, 0.25) is 0 Å². The van der Waals surface area contributed by atoms with Gasteiger partial charge in [-0.1, -0.05) is 42.5 Å². The number of allylic oxidation sites excluding steroid dienone is 3. The predicted octanol–water partition coefficient (Wildman–Crippen LogP) is 3.57. The first-order valence-electron chi connectivity index (χ1n) is 6.50. The molecule has 0 fully saturated rings. The number of hydrogen-bond acceptors (Lipinski definition) is 1. The lowest BCUT2D eigenvalue weighted by atomic mass is 9.84. The molecule has 0 bridgehead atoms. The maximum absolute atomic E-state index is 2.48. The normalized spacial score (nSPS) is 27.0. The molecule has 0 N–H and O–H groups in total. The average Bonchev–Trinajstić information content (AvgIpc) is 2.40. The number of benzene rings is 1. The summed E-state index contributed by atoms with van der Waals surface area (Å²) >= 11 is 0. The van der Waals surface area contributed by atoms with Crippen molar-refractivity contribution in [2.45, 2.75) is 25.3 Å². The highest BCUT2D eigenvalue weighted by atomic mass is 15.1. The lowest BCUT2D eigenvalue weighted by molar-refractivity contribution is 0.440. The van der Waals surface area contributed by atoms with Crippen molar-refractivity contribution in [1.82, 2.24) is 0 Å². The first-order chi connectivity index (χ1) is 8.36. The van der Waals surface area contributed by atoms with E-state index in [1.807, 2.05) is 0 Å². The molecule has 0 amide bonds. The smallest absolute Gasteiger partial charge is 0.0398 e. The molecule has 17 heavy (non-hydrogen) atoms. The predicted molar refractivity (Wildman–Crippen MR) is 73.3 cm³/mol. The van der Waals surface area contributed by atoms with E-state index in [1.54, 1.807) is 0 Å². The van der Waals surface area contributed by atoms with E-state index in [2.05, 4.69) is 60.5 Å². The van der Waals surface area contributed by atoms with Gasteiger partial charge in [-0.15, -0.1) is 0 Å². The van der Waals surface area contributed by atoms with Gasteiger partial charge < -0.3 is 4.90 Å². The lowest BCUT2D eigenvalue weighted by Gasteiger charge is -2.40. The van der Waals surface area contributed by atoms with Gasteiger partial charge in [0.1, 0.15) is 0 Å². The molecule has 2 atom stereocenters. The number of hydrogen-bond donors (Lipinski definition) is 0. The van der Waals surface area contributed by atoms with Crippen LogP contribution in [-0.4, -0.2) is 13.1 Å². The molecule has 0 saturated heterocycles. The van der Waals surface area contributed by atoms with Crippen LogP contribution in [0.4, 0.5) is 5.69 Å². The summed E-state index contributed by atoms with van der Waals surface area (Å²) in [5.41, 5.74) is 2.92. The molecule has 1 aliphatic heterocycles. The van der Waals surface area contributed by atoms with Gasteiger partial charge in [-0.25, -0.2) is 0 Å². The van der Waals surface area contributed by atoms with Gasteiger partial charge >= 0.3 is 0 Å². The summed E-state index contributed by atoms with van der Waals surface area (Å²) in [5, 5.41) is 0. The van der Waals surface area contributed by atoms with Crippen LogP contribution in [0.5, 0.6) is 0 Å². The topological polar surface area (TPSA) is 3.24 Å². The van der Waals surface area contributed by atoms with Gasteiger partial charge in [0.05, 0.1) is 0 Å². The van der Waals surface area contributed by atoms with Crippen LogP contribution < -0.4 is 4.90 Å². The molecule has 3 rings (SSSR count). The molecule has 0 spiro atoms. The quantitative estimate of drug-likeness (QED) is 0.706. The summed E-state index contributed by atoms with van der Waals surface area (Å²) in [5.74, 6) is 0.679. The molecular formula is C16H19N. The van der Waals surface area contributed by atoms with Crippen LogP contribution in [0, 0.1) is 5.92 Å². The fraction of sp³-hybridized carbons (Fsp3) is 0.375. The molecule has 1 nitrogen and oxygen atoms in total. The van der Waals surface area contributed by atoms with Crippen molar-refractivity contribution in [3.05, 3.63) is 54.1 Å². The monoisotopic (exact) mass is 225 g/mol. The van der Waals surface area contributed by atoms with Crippen LogP contribution in [0.1, 0.15) is 18.4 Å². The highest BCUT2D eigenvalue weighted by Crippen LogP contribution is 2.34. The molecule has 1 unspecified atom stereocenters. The largest absolute Gasteiger partial charge is 0.371 e. The molecule has 0 aromatic heterocycles. The van der Waals surface area contributed by atoms with Crippen molar-refractivity contribution >= 4 is 5.69 Å². The minimum absolute atomic E-state index is 0.658. The Morgan fingerprint density at radius 1 is 1.18 bits per heavy atom. The van der Waals surface area contributed by atoms with Crippen LogP contribution in [0.3, 0.4) is 0 Å². The molecule has 1 aliphatic carbocycles. The standard InChI is InChI=1S/C16H19N/c1-17-15-10-6-5-9-14(15)11-12-16(17)13-7-3-2-4-8-13/h2-7,9-10,13,16H,8,11-12H2,1H3/t13-,16?/m1/s1. The Morgan fingerprint density at radius 3 is 2.88 bits per heavy atom. The summed E-state index contributed by atoms with van der Waals surface area (Å²) < 4.78 is 0. The third-order valence-electron chi connectivity index (χ3n) is 4.09. The summed E-state index contributed by atoms with van der Waals surface area (Å²) in [7, 11) is 2.24. The third-order valence-corrected chi connectivity index (χ3v) is 4.09. The van der Waals surface area contributed by atoms with Crippen molar-refractivity contribution in [1.29, 1.82) is 0 Å². The third kappa shape index (κ3) is 1.90. The van der Waals surface area contributed by atoms with Crippen LogP contribution in [-0.2, 0) is 6.42 Å². The molecule has 2 aliphatic rings. The molecule has 1 heterocycles. The van der Waals surface area contributed by atoms with Crippen molar-refractivity contribution in [2.24, 2.45) is 5.92 Å². The van der Waals surface area contributed by atoms with Gasteiger partial charge in [-0.05, 0) is 30.9 Å². The zero-order chi connectivity index (χ0) is 11.7. The van der Waals surface area contributed by atoms with E-state index in [9.17, 15) is 0 Å². The fourth-order valence-electron chi connectivity index (χ4n) is 3.13. The Labute approximate surface area is 103 Å². The molecule has 1 heteroatoms. The van der Waals surface area contributed by atoms with E-state index in [4.69, 9.17) is 0 Å². The SMILES string of the molecule is CN1c2ccccc2CCC1[C@@H]1C=CC=CC1. The maximum atomic E-state index is 2.48. The Kier molecular flexibility index (Phi) is 2.76. The number of nitrogens with zero attached hydrogens (tertiary/aromatic N) is 1. The maximum Gasteiger partial charge on any atom is 0.0398 e. The lowest BCUT2D eigenvalue weighted by Crippen LogP contribution is -2.41. The van der Waals surface area contributed by atoms with Crippen molar-refractivity contribution in [3.63, 3.8) is 0 Å². The van der Waals surface area contributed by atoms with Crippen molar-refractivity contribution in [2.75, 3.05) is 11.9 Å². The first-order valence-corrected chi connectivity index (χ1v) is 6.50. The van der Waals surface area contributed by atoms with Gasteiger partial charge in [0.15, 0.2) is 0 Å². The number of rotatable bonds is 1. The summed E-state index contributed by atoms with van der Waals surface area (Å²) in [6.45, 7) is 0. The first kappa shape index (κ1) is 10.6. The summed E-state index contributed by atoms with van der Waals surface area (Å²) in [4.78, 5) is 2.48. The zero-order valence-corrected chi connectivity index (χ0v) is 10.3. The number of anilines is 1. The molecule has 1 aromatic rings. The molecule has 88 valence electrons. The second-order valence-corrected chi connectivity index (χ2v) is 5.06. The number of aryl methyl sites for hydroxylation is 1. The Bertz CT molecular complexity index is 458. The molecular weight excluding hydrogens is 206 g/mol. The van der Waals surface area contributed by atoms with Crippen LogP contribution in [0.15, 0.2) is 48.6 Å². The Balaban J connectivity index is 1.86. The van der Waals surface area contributed by atoms with E-state index in [0.29, 0.717) is 12.0 Å². The van der Waals surface area contributed by atoms with Gasteiger partial charge in [0, 0.05) is 24.7 Å². The van der Waals surface area contributed by atoms with E-state index in [0.717, 1.165) is 0 Å². The summed E-state index contributed by atoms with van der Waals surface area (Å²) in [6, 6.07) is 9.47. The number of para-hydroxylation sites is 1. The van der Waals surface area contributed by atoms with Gasteiger partial charge in [-0.2, -0.15) is 0 Å². The van der Waals surface area contributed by atoms with Crippen LogP contribution >= 0.6 is 0 Å². The molecule has 0 saturated carbocycles. The highest BCUT2D eigenvalue weighted by Gasteiger charge is 2.28. The van der Waals surface area contributed by atoms with Gasteiger partial charge in [0.25, 0.3) is 0 Å². The minimum atomic E-state index is 0.658. The van der Waals surface area contributed by atoms with Crippen molar-refractivity contribution in [3.8, 4) is 0 Å². The van der Waals surface area contributed by atoms with Crippen molar-refractivity contribution < 1.29 is 0 Å². The van der Waals surface area contributed by atoms with Crippen LogP contribution in [0.25, 0.3) is 0 Å². The van der Waals surface area contributed by atoms with Gasteiger partial charge in [-0.3, -0.25) is 0 Å². The van der Waals surface area contributed by atoms with E-state index in [-0.39, 0.29) is 0 Å². The molecule has 1 aromatic carbocycles. The Morgan fingerprint density at radius 2 is 2.06 bits per heavy atom. The number of fused-ring (bicyclic) bond motifs is 1. The minimum Gasteiger partial charge on any atom is -0.371 e. The Hall–Kier alpha value is -1.50. The second kappa shape index (κ2) is 4.40. The van der Waals surface area contributed by atoms with E-state index < -0.39 is 0 Å². The molecule has 0 radical (unpaired) electrons. The van der Waals surface area contributed by atoms with Crippen LogP contribution in [0.2, 0.25) is 0 Å². The zero-order valence-electron chi connectivity index (χ0n) is 10.3. The average molecular weight is 225 g/mol. The second-order valence-electron chi connectivity index (χ2n) is 5.06. The fourth-order valence-corrected chi connectivity index (χ4v) is 3.13. The van der Waals surface area contributed by atoms with E-state index in [1.165, 1.54) is 30.5 Å². The summed E-state index contributed by atoms with van der Waals surface area (Å²) in [6.07, 6.45) is 12.7.